The second-order valence-corrected chi connectivity index (χ2v) is 9.33. The number of nitrogens with zero attached hydrogens (tertiary/aromatic N) is 1. The highest BCUT2D eigenvalue weighted by molar-refractivity contribution is 5.60. The summed E-state index contributed by atoms with van der Waals surface area (Å²) in [7, 11) is 0. The van der Waals surface area contributed by atoms with Crippen LogP contribution in [-0.4, -0.2) is 31.1 Å². The Balaban J connectivity index is 0.00000180. The van der Waals surface area contributed by atoms with Gasteiger partial charge < -0.3 is 10.2 Å². The quantitative estimate of drug-likeness (QED) is 0.732. The molecule has 5 rings (SSSR count). The van der Waals surface area contributed by atoms with E-state index in [1.54, 1.807) is 12.1 Å². The van der Waals surface area contributed by atoms with E-state index in [1.807, 2.05) is 6.07 Å². The zero-order chi connectivity index (χ0) is 17.6. The smallest absolute Gasteiger partial charge is 0.123 e. The molecule has 142 valence electrons. The molecule has 1 saturated carbocycles. The van der Waals surface area contributed by atoms with Gasteiger partial charge in [-0.15, -0.1) is 0 Å². The van der Waals surface area contributed by atoms with E-state index in [2.05, 4.69) is 22.4 Å². The Morgan fingerprint density at radius 1 is 1.19 bits per heavy atom. The van der Waals surface area contributed by atoms with E-state index >= 15 is 0 Å². The molecule has 1 spiro atoms. The lowest BCUT2D eigenvalue weighted by Crippen LogP contribution is -2.45. The maximum absolute atomic E-state index is 13.8. The van der Waals surface area contributed by atoms with Crippen LogP contribution < -0.4 is 5.32 Å². The van der Waals surface area contributed by atoms with Gasteiger partial charge in [-0.25, -0.2) is 4.39 Å². The van der Waals surface area contributed by atoms with Gasteiger partial charge in [-0.3, -0.25) is 0 Å². The number of rotatable bonds is 2. The summed E-state index contributed by atoms with van der Waals surface area (Å²) in [6, 6.07) is 5.28. The molecule has 4 aliphatic rings. The topological polar surface area (TPSA) is 15.3 Å². The van der Waals surface area contributed by atoms with E-state index in [4.69, 9.17) is 0 Å². The van der Waals surface area contributed by atoms with E-state index in [0.717, 1.165) is 55.9 Å². The standard InChI is InChI=1S/C23H31FN2.H2/c24-20-6-7-22-21(14-20)23(16-25-22)8-10-26(11-9-23)15-19-5-4-17-2-1-3-18(12-17)13-19;/h1,3,6-7,14,17-19,25H,2,4-5,8-13,15-16H2;1H/t17-,18+,19+;/m1./s1. The van der Waals surface area contributed by atoms with Crippen LogP contribution in [0.3, 0.4) is 0 Å². The van der Waals surface area contributed by atoms with Crippen molar-refractivity contribution in [1.29, 1.82) is 0 Å². The zero-order valence-corrected chi connectivity index (χ0v) is 15.7. The molecule has 0 unspecified atom stereocenters. The molecule has 2 heterocycles. The number of benzene rings is 1. The third-order valence-corrected chi connectivity index (χ3v) is 7.63. The molecule has 2 nitrogen and oxygen atoms in total. The van der Waals surface area contributed by atoms with Crippen molar-refractivity contribution in [3.63, 3.8) is 0 Å². The van der Waals surface area contributed by atoms with Crippen LogP contribution in [0.1, 0.15) is 51.9 Å². The summed E-state index contributed by atoms with van der Waals surface area (Å²) in [5.41, 5.74) is 2.55. The highest BCUT2D eigenvalue weighted by atomic mass is 19.1. The second kappa shape index (κ2) is 6.67. The monoisotopic (exact) mass is 356 g/mol. The van der Waals surface area contributed by atoms with Crippen LogP contribution >= 0.6 is 0 Å². The first-order valence-electron chi connectivity index (χ1n) is 10.6. The molecule has 3 atom stereocenters. The number of piperidine rings is 1. The lowest BCUT2D eigenvalue weighted by atomic mass is 9.74. The summed E-state index contributed by atoms with van der Waals surface area (Å²) in [6.07, 6.45) is 14.3. The molecule has 2 aliphatic heterocycles. The van der Waals surface area contributed by atoms with Crippen molar-refractivity contribution in [2.24, 2.45) is 17.8 Å². The average molecular weight is 357 g/mol. The fourth-order valence-electron chi connectivity index (χ4n) is 6.10. The minimum absolute atomic E-state index is 0. The van der Waals surface area contributed by atoms with Crippen molar-refractivity contribution in [3.05, 3.63) is 41.7 Å². The first-order valence-corrected chi connectivity index (χ1v) is 10.6. The van der Waals surface area contributed by atoms with E-state index < -0.39 is 0 Å². The van der Waals surface area contributed by atoms with Gasteiger partial charge in [0, 0.05) is 25.6 Å². The fraction of sp³-hybridized carbons (Fsp3) is 0.652. The Labute approximate surface area is 158 Å². The largest absolute Gasteiger partial charge is 0.384 e. The lowest BCUT2D eigenvalue weighted by molar-refractivity contribution is 0.140. The fourth-order valence-corrected chi connectivity index (χ4v) is 6.10. The van der Waals surface area contributed by atoms with Crippen LogP contribution in [-0.2, 0) is 5.41 Å². The Kier molecular flexibility index (Phi) is 4.31. The number of anilines is 1. The maximum Gasteiger partial charge on any atom is 0.123 e. The van der Waals surface area contributed by atoms with Gasteiger partial charge in [0.05, 0.1) is 0 Å². The number of halogens is 1. The zero-order valence-electron chi connectivity index (χ0n) is 15.7. The predicted molar refractivity (Wildman–Crippen MR) is 107 cm³/mol. The van der Waals surface area contributed by atoms with Crippen LogP contribution in [0, 0.1) is 23.6 Å². The van der Waals surface area contributed by atoms with E-state index in [9.17, 15) is 4.39 Å². The highest BCUT2D eigenvalue weighted by Gasteiger charge is 2.42. The lowest BCUT2D eigenvalue weighted by Gasteiger charge is -2.40. The Morgan fingerprint density at radius 3 is 2.96 bits per heavy atom. The average Bonchev–Trinajstić information content (AvgIpc) is 2.92. The van der Waals surface area contributed by atoms with Crippen LogP contribution in [0.15, 0.2) is 30.4 Å². The summed E-state index contributed by atoms with van der Waals surface area (Å²) >= 11 is 0. The first kappa shape index (κ1) is 16.8. The third-order valence-electron chi connectivity index (χ3n) is 7.63. The van der Waals surface area contributed by atoms with Gasteiger partial charge in [0.1, 0.15) is 5.82 Å². The van der Waals surface area contributed by atoms with Crippen molar-refractivity contribution in [2.45, 2.75) is 50.4 Å². The van der Waals surface area contributed by atoms with E-state index in [-0.39, 0.29) is 12.7 Å². The summed E-state index contributed by atoms with van der Waals surface area (Å²) in [4.78, 5) is 2.70. The Morgan fingerprint density at radius 2 is 2.08 bits per heavy atom. The van der Waals surface area contributed by atoms with Crippen molar-refractivity contribution >= 4 is 5.69 Å². The molecular weight excluding hydrogens is 323 g/mol. The molecule has 1 N–H and O–H groups in total. The molecule has 1 aromatic carbocycles. The van der Waals surface area contributed by atoms with Gasteiger partial charge in [-0.2, -0.15) is 0 Å². The van der Waals surface area contributed by atoms with Crippen molar-refractivity contribution in [3.8, 4) is 0 Å². The van der Waals surface area contributed by atoms with Crippen molar-refractivity contribution in [1.82, 2.24) is 4.90 Å². The van der Waals surface area contributed by atoms with Gasteiger partial charge in [0.25, 0.3) is 0 Å². The Hall–Kier alpha value is -1.35. The molecule has 2 aliphatic carbocycles. The molecule has 1 aromatic rings. The van der Waals surface area contributed by atoms with Gasteiger partial charge in [-0.05, 0) is 99.6 Å². The van der Waals surface area contributed by atoms with Gasteiger partial charge in [-0.1, -0.05) is 12.2 Å². The summed E-state index contributed by atoms with van der Waals surface area (Å²) < 4.78 is 13.8. The predicted octanol–water partition coefficient (Wildman–Crippen LogP) is 5.21. The normalized spacial score (nSPS) is 32.9. The number of hydrogen-bond acceptors (Lipinski definition) is 2. The molecule has 26 heavy (non-hydrogen) atoms. The number of nitrogens with one attached hydrogen (secondary N) is 1. The summed E-state index contributed by atoms with van der Waals surface area (Å²) in [5, 5.41) is 3.52. The van der Waals surface area contributed by atoms with Crippen molar-refractivity contribution in [2.75, 3.05) is 31.5 Å². The number of likely N-dealkylation sites (tertiary alicyclic amines) is 1. The van der Waals surface area contributed by atoms with Crippen LogP contribution in [0.5, 0.6) is 0 Å². The number of hydrogen-bond donors (Lipinski definition) is 1. The van der Waals surface area contributed by atoms with Crippen LogP contribution in [0.2, 0.25) is 0 Å². The summed E-state index contributed by atoms with van der Waals surface area (Å²) in [6.45, 7) is 4.59. The van der Waals surface area contributed by atoms with Gasteiger partial charge >= 0.3 is 0 Å². The molecule has 0 radical (unpaired) electrons. The van der Waals surface area contributed by atoms with Gasteiger partial charge in [0.2, 0.25) is 0 Å². The molecule has 0 aromatic heterocycles. The molecular formula is C23H33FN2. The second-order valence-electron chi connectivity index (χ2n) is 9.33. The minimum Gasteiger partial charge on any atom is -0.384 e. The SMILES string of the molecule is Fc1ccc2c(c1)C1(CCN(C[C@H]3CC[C@H]4CC=C[C@@H](C4)C3)CC1)CN2.[HH]. The summed E-state index contributed by atoms with van der Waals surface area (Å²) in [5.74, 6) is 2.57. The molecule has 3 heteroatoms. The van der Waals surface area contributed by atoms with Crippen molar-refractivity contribution < 1.29 is 5.82 Å². The first-order chi connectivity index (χ1) is 12.7. The van der Waals surface area contributed by atoms with E-state index in [1.165, 1.54) is 44.2 Å². The molecule has 2 fully saturated rings. The molecule has 0 amide bonds. The third kappa shape index (κ3) is 3.09. The van der Waals surface area contributed by atoms with E-state index in [0.29, 0.717) is 0 Å². The van der Waals surface area contributed by atoms with Crippen LogP contribution in [0.4, 0.5) is 10.1 Å². The van der Waals surface area contributed by atoms with Crippen LogP contribution in [0.25, 0.3) is 0 Å². The van der Waals surface area contributed by atoms with Gasteiger partial charge in [0.15, 0.2) is 0 Å². The Bertz CT molecular complexity index is 696. The maximum atomic E-state index is 13.8. The highest BCUT2D eigenvalue weighted by Crippen LogP contribution is 2.45. The number of fused-ring (bicyclic) bond motifs is 4. The minimum atomic E-state index is -0.0908. The molecule has 2 bridgehead atoms. The molecule has 1 saturated heterocycles. The number of allylic oxidation sites excluding steroid dienone is 2.